The second kappa shape index (κ2) is 8.54. The van der Waals surface area contributed by atoms with Crippen LogP contribution in [0.2, 0.25) is 0 Å². The lowest BCUT2D eigenvalue weighted by Crippen LogP contribution is -2.26. The Kier molecular flexibility index (Phi) is 5.23. The van der Waals surface area contributed by atoms with Gasteiger partial charge >= 0.3 is 0 Å². The van der Waals surface area contributed by atoms with E-state index < -0.39 is 0 Å². The fraction of sp³-hybridized carbons (Fsp3) is 0.250. The number of fused-ring (bicyclic) bond motifs is 2. The van der Waals surface area contributed by atoms with Crippen LogP contribution in [0.25, 0.3) is 38.9 Å². The first-order chi connectivity index (χ1) is 16.7. The molecular formula is C28H26N4O2. The molecule has 170 valence electrons. The van der Waals surface area contributed by atoms with Crippen molar-refractivity contribution in [2.24, 2.45) is 11.8 Å². The smallest absolute Gasteiger partial charge is 0.274 e. The molecule has 5 aromatic rings. The summed E-state index contributed by atoms with van der Waals surface area (Å²) in [5.41, 5.74) is 4.87. The Balaban J connectivity index is 1.41. The van der Waals surface area contributed by atoms with Crippen molar-refractivity contribution in [1.82, 2.24) is 19.4 Å². The van der Waals surface area contributed by atoms with Crippen LogP contribution in [0.15, 0.2) is 77.9 Å². The zero-order chi connectivity index (χ0) is 23.1. The van der Waals surface area contributed by atoms with Crippen molar-refractivity contribution in [1.29, 1.82) is 0 Å². The molecule has 2 N–H and O–H groups in total. The normalized spacial score (nSPS) is 17.8. The van der Waals surface area contributed by atoms with Gasteiger partial charge in [-0.3, -0.25) is 9.20 Å². The maximum atomic E-state index is 12.8. The molecule has 0 amide bonds. The Morgan fingerprint density at radius 2 is 1.79 bits per heavy atom. The number of nitrogens with one attached hydrogen (secondary N) is 1. The van der Waals surface area contributed by atoms with Crippen LogP contribution in [0.3, 0.4) is 0 Å². The van der Waals surface area contributed by atoms with Crippen molar-refractivity contribution in [2.45, 2.75) is 25.7 Å². The van der Waals surface area contributed by atoms with Crippen LogP contribution in [-0.2, 0) is 6.42 Å². The van der Waals surface area contributed by atoms with Gasteiger partial charge in [0.2, 0.25) is 0 Å². The number of rotatable bonds is 6. The topological polar surface area (TPSA) is 83.3 Å². The van der Waals surface area contributed by atoms with Gasteiger partial charge < -0.3 is 10.1 Å². The standard InChI is InChI=1S/C28H26N4O2/c33-13-10-18-14-19(15-18)16-25-31-26(27-28(34)29-11-12-32(25)27)22-7-6-21-8-9-23(30-24(21)17-22)20-4-2-1-3-5-20/h1-9,11-12,17-19,33H,10,13-16H2,(H,29,34). The van der Waals surface area contributed by atoms with Gasteiger partial charge in [-0.05, 0) is 43.2 Å². The Labute approximate surface area is 197 Å². The van der Waals surface area contributed by atoms with Crippen molar-refractivity contribution in [3.8, 4) is 22.5 Å². The summed E-state index contributed by atoms with van der Waals surface area (Å²) in [6.07, 6.45) is 7.48. The Bertz CT molecular complexity index is 1530. The molecule has 34 heavy (non-hydrogen) atoms. The summed E-state index contributed by atoms with van der Waals surface area (Å²) in [6, 6.07) is 20.3. The average Bonchev–Trinajstić information content (AvgIpc) is 3.22. The Hall–Kier alpha value is -3.77. The highest BCUT2D eigenvalue weighted by atomic mass is 16.3. The molecule has 3 aromatic heterocycles. The lowest BCUT2D eigenvalue weighted by atomic mass is 9.72. The highest BCUT2D eigenvalue weighted by Gasteiger charge is 2.30. The first-order valence-electron chi connectivity index (χ1n) is 11.9. The van der Waals surface area contributed by atoms with E-state index in [-0.39, 0.29) is 12.2 Å². The molecule has 3 heterocycles. The monoisotopic (exact) mass is 450 g/mol. The zero-order valence-corrected chi connectivity index (χ0v) is 18.8. The number of aromatic amines is 1. The molecular weight excluding hydrogens is 424 g/mol. The lowest BCUT2D eigenvalue weighted by molar-refractivity contribution is 0.144. The number of H-pyrrole nitrogens is 1. The van der Waals surface area contributed by atoms with Gasteiger partial charge in [0, 0.05) is 41.9 Å². The molecule has 1 aliphatic carbocycles. The number of hydrogen-bond donors (Lipinski definition) is 2. The van der Waals surface area contributed by atoms with Crippen molar-refractivity contribution in [2.75, 3.05) is 6.61 Å². The molecule has 6 rings (SSSR count). The highest BCUT2D eigenvalue weighted by molar-refractivity contribution is 5.88. The SMILES string of the molecule is O=c1[nH]ccn2c(CC3CC(CCO)C3)nc(-c3ccc4ccc(-c5ccccc5)nc4c3)c12. The predicted octanol–water partition coefficient (Wildman–Crippen LogP) is 4.86. The van der Waals surface area contributed by atoms with Gasteiger partial charge in [-0.2, -0.15) is 0 Å². The van der Waals surface area contributed by atoms with Crippen molar-refractivity contribution in [3.05, 3.63) is 89.2 Å². The van der Waals surface area contributed by atoms with Crippen LogP contribution in [0.1, 0.15) is 25.1 Å². The summed E-state index contributed by atoms with van der Waals surface area (Å²) < 4.78 is 1.94. The number of aliphatic hydroxyl groups is 1. The van der Waals surface area contributed by atoms with Crippen molar-refractivity contribution >= 4 is 16.4 Å². The van der Waals surface area contributed by atoms with E-state index in [9.17, 15) is 9.90 Å². The molecule has 1 aliphatic rings. The molecule has 0 spiro atoms. The van der Waals surface area contributed by atoms with E-state index in [4.69, 9.17) is 9.97 Å². The first kappa shape index (κ1) is 20.8. The minimum atomic E-state index is -0.144. The van der Waals surface area contributed by atoms with Crippen LogP contribution in [0.5, 0.6) is 0 Å². The molecule has 0 saturated heterocycles. The third-order valence-corrected chi connectivity index (χ3v) is 7.01. The molecule has 0 bridgehead atoms. The van der Waals surface area contributed by atoms with Gasteiger partial charge in [0.1, 0.15) is 17.0 Å². The number of hydrogen-bond acceptors (Lipinski definition) is 4. The zero-order valence-electron chi connectivity index (χ0n) is 18.8. The highest BCUT2D eigenvalue weighted by Crippen LogP contribution is 2.38. The number of nitrogens with zero attached hydrogens (tertiary/aromatic N) is 3. The molecule has 1 fully saturated rings. The van der Waals surface area contributed by atoms with E-state index in [2.05, 4.69) is 23.2 Å². The molecule has 0 unspecified atom stereocenters. The van der Waals surface area contributed by atoms with Crippen molar-refractivity contribution in [3.63, 3.8) is 0 Å². The lowest BCUT2D eigenvalue weighted by Gasteiger charge is -2.34. The fourth-order valence-corrected chi connectivity index (χ4v) is 5.21. The number of pyridine rings is 1. The van der Waals surface area contributed by atoms with E-state index in [1.165, 1.54) is 0 Å². The third kappa shape index (κ3) is 3.70. The number of aromatic nitrogens is 4. The van der Waals surface area contributed by atoms with E-state index >= 15 is 0 Å². The number of aliphatic hydroxyl groups excluding tert-OH is 1. The van der Waals surface area contributed by atoms with Gasteiger partial charge in [0.05, 0.1) is 11.2 Å². The van der Waals surface area contributed by atoms with Crippen LogP contribution in [-0.4, -0.2) is 31.1 Å². The van der Waals surface area contributed by atoms with Crippen LogP contribution in [0.4, 0.5) is 0 Å². The van der Waals surface area contributed by atoms with E-state index in [0.717, 1.165) is 59.2 Å². The number of imidazole rings is 1. The summed E-state index contributed by atoms with van der Waals surface area (Å²) in [6.45, 7) is 0.255. The summed E-state index contributed by atoms with van der Waals surface area (Å²) in [5.74, 6) is 2.06. The summed E-state index contributed by atoms with van der Waals surface area (Å²) >= 11 is 0. The van der Waals surface area contributed by atoms with Gasteiger partial charge in [0.25, 0.3) is 5.56 Å². The van der Waals surface area contributed by atoms with Crippen LogP contribution >= 0.6 is 0 Å². The summed E-state index contributed by atoms with van der Waals surface area (Å²) in [5, 5.41) is 10.2. The van der Waals surface area contributed by atoms with Crippen LogP contribution < -0.4 is 5.56 Å². The minimum absolute atomic E-state index is 0.144. The maximum Gasteiger partial charge on any atom is 0.274 e. The van der Waals surface area contributed by atoms with Crippen molar-refractivity contribution < 1.29 is 5.11 Å². The largest absolute Gasteiger partial charge is 0.396 e. The second-order valence-corrected chi connectivity index (χ2v) is 9.27. The Morgan fingerprint density at radius 1 is 0.971 bits per heavy atom. The minimum Gasteiger partial charge on any atom is -0.396 e. The van der Waals surface area contributed by atoms with Crippen LogP contribution in [0, 0.1) is 11.8 Å². The molecule has 2 aromatic carbocycles. The van der Waals surface area contributed by atoms with E-state index in [1.54, 1.807) is 6.20 Å². The number of benzene rings is 2. The molecule has 0 aliphatic heterocycles. The molecule has 0 radical (unpaired) electrons. The second-order valence-electron chi connectivity index (χ2n) is 9.27. The third-order valence-electron chi connectivity index (χ3n) is 7.01. The quantitative estimate of drug-likeness (QED) is 0.387. The van der Waals surface area contributed by atoms with Gasteiger partial charge in [0.15, 0.2) is 0 Å². The molecule has 1 saturated carbocycles. The van der Waals surface area contributed by atoms with Gasteiger partial charge in [-0.1, -0.05) is 48.5 Å². The predicted molar refractivity (Wildman–Crippen MR) is 134 cm³/mol. The fourth-order valence-electron chi connectivity index (χ4n) is 5.21. The summed E-state index contributed by atoms with van der Waals surface area (Å²) in [7, 11) is 0. The molecule has 6 nitrogen and oxygen atoms in total. The summed E-state index contributed by atoms with van der Waals surface area (Å²) in [4.78, 5) is 25.5. The van der Waals surface area contributed by atoms with Gasteiger partial charge in [-0.25, -0.2) is 9.97 Å². The maximum absolute atomic E-state index is 12.8. The van der Waals surface area contributed by atoms with E-state index in [1.807, 2.05) is 53.1 Å². The van der Waals surface area contributed by atoms with Gasteiger partial charge in [-0.15, -0.1) is 0 Å². The molecule has 6 heteroatoms. The molecule has 0 atom stereocenters. The average molecular weight is 451 g/mol. The first-order valence-corrected chi connectivity index (χ1v) is 11.9. The Morgan fingerprint density at radius 3 is 2.62 bits per heavy atom. The van der Waals surface area contributed by atoms with E-state index in [0.29, 0.717) is 23.0 Å².